The Kier molecular flexibility index (Phi) is 4.84. The van der Waals surface area contributed by atoms with E-state index in [0.29, 0.717) is 6.42 Å². The minimum atomic E-state index is -0.110. The van der Waals surface area contributed by atoms with Crippen LogP contribution in [-0.4, -0.2) is 12.0 Å². The molecule has 0 aliphatic carbocycles. The zero-order chi connectivity index (χ0) is 11.1. The first kappa shape index (κ1) is 11.7. The number of hydrogen-bond acceptors (Lipinski definition) is 2. The Hall–Kier alpha value is -1.35. The summed E-state index contributed by atoms with van der Waals surface area (Å²) in [6.45, 7) is 3.93. The third-order valence-electron chi connectivity index (χ3n) is 2.16. The average molecular weight is 207 g/mol. The number of rotatable bonds is 5. The Morgan fingerprint density at radius 2 is 2.07 bits per heavy atom. The summed E-state index contributed by atoms with van der Waals surface area (Å²) in [5.74, 6) is -0.110. The molecule has 0 saturated carbocycles. The van der Waals surface area contributed by atoms with Gasteiger partial charge < -0.3 is 0 Å². The fourth-order valence-corrected chi connectivity index (χ4v) is 1.07. The van der Waals surface area contributed by atoms with Crippen LogP contribution in [0.5, 0.6) is 0 Å². The highest BCUT2D eigenvalue weighted by atomic mass is 16.7. The van der Waals surface area contributed by atoms with Gasteiger partial charge in [0, 0.05) is 0 Å². The molecule has 15 heavy (non-hydrogen) atoms. The summed E-state index contributed by atoms with van der Waals surface area (Å²) < 4.78 is 0. The Morgan fingerprint density at radius 1 is 1.40 bits per heavy atom. The molecule has 0 fully saturated rings. The van der Waals surface area contributed by atoms with Gasteiger partial charge in [-0.2, -0.15) is 0 Å². The number of nitrogens with one attached hydrogen (secondary N) is 1. The number of carbonyl (C=O) groups excluding carboxylic acids is 1. The van der Waals surface area contributed by atoms with Crippen LogP contribution in [0.1, 0.15) is 25.8 Å². The first-order chi connectivity index (χ1) is 7.22. The third kappa shape index (κ3) is 4.61. The lowest BCUT2D eigenvalue weighted by molar-refractivity contribution is -0.137. The van der Waals surface area contributed by atoms with Crippen LogP contribution >= 0.6 is 0 Å². The zero-order valence-electron chi connectivity index (χ0n) is 9.19. The first-order valence-corrected chi connectivity index (χ1v) is 5.20. The van der Waals surface area contributed by atoms with E-state index in [9.17, 15) is 4.79 Å². The van der Waals surface area contributed by atoms with E-state index < -0.39 is 0 Å². The monoisotopic (exact) mass is 207 g/mol. The average Bonchev–Trinajstić information content (AvgIpc) is 2.27. The Labute approximate surface area is 90.4 Å². The lowest BCUT2D eigenvalue weighted by Crippen LogP contribution is -2.29. The highest BCUT2D eigenvalue weighted by molar-refractivity contribution is 5.77. The number of hydrogen-bond donors (Lipinski definition) is 1. The van der Waals surface area contributed by atoms with Crippen LogP contribution in [0.25, 0.3) is 0 Å². The molecule has 82 valence electrons. The van der Waals surface area contributed by atoms with Gasteiger partial charge in [-0.05, 0) is 18.9 Å². The molecule has 3 heteroatoms. The molecule has 0 aromatic heterocycles. The fraction of sp³-hybridized carbons (Fsp3) is 0.417. The summed E-state index contributed by atoms with van der Waals surface area (Å²) in [6.07, 6.45) is 1.30. The second-order valence-corrected chi connectivity index (χ2v) is 3.52. The van der Waals surface area contributed by atoms with Gasteiger partial charge in [-0.25, -0.2) is 5.48 Å². The van der Waals surface area contributed by atoms with Gasteiger partial charge in [-0.1, -0.05) is 37.3 Å². The van der Waals surface area contributed by atoms with Crippen LogP contribution in [-0.2, 0) is 16.1 Å². The molecule has 3 nitrogen and oxygen atoms in total. The van der Waals surface area contributed by atoms with Crippen LogP contribution < -0.4 is 5.48 Å². The molecule has 0 bridgehead atoms. The minimum absolute atomic E-state index is 0.0599. The Morgan fingerprint density at radius 3 is 2.67 bits per heavy atom. The number of amides is 1. The third-order valence-corrected chi connectivity index (χ3v) is 2.16. The SMILES string of the molecule is CCC(C)ONC(=O)Cc1ccccc1. The maximum atomic E-state index is 11.4. The topological polar surface area (TPSA) is 38.3 Å². The second kappa shape index (κ2) is 6.19. The second-order valence-electron chi connectivity index (χ2n) is 3.52. The van der Waals surface area contributed by atoms with Crippen LogP contribution in [0.3, 0.4) is 0 Å². The van der Waals surface area contributed by atoms with Crippen LogP contribution in [0.4, 0.5) is 0 Å². The molecule has 1 unspecified atom stereocenters. The van der Waals surface area contributed by atoms with Gasteiger partial charge in [0.1, 0.15) is 0 Å². The summed E-state index contributed by atoms with van der Waals surface area (Å²) in [7, 11) is 0. The molecule has 1 aromatic carbocycles. The van der Waals surface area contributed by atoms with Gasteiger partial charge in [0.2, 0.25) is 5.91 Å². The summed E-state index contributed by atoms with van der Waals surface area (Å²) in [4.78, 5) is 16.5. The molecule has 0 aliphatic heterocycles. The van der Waals surface area contributed by atoms with Crippen molar-refractivity contribution >= 4 is 5.91 Å². The Bertz CT molecular complexity index is 298. The van der Waals surface area contributed by atoms with Gasteiger partial charge in [0.15, 0.2) is 0 Å². The van der Waals surface area contributed by atoms with Gasteiger partial charge in [-0.3, -0.25) is 9.63 Å². The van der Waals surface area contributed by atoms with E-state index in [1.807, 2.05) is 44.2 Å². The maximum absolute atomic E-state index is 11.4. The smallest absolute Gasteiger partial charge is 0.247 e. The Balaban J connectivity index is 2.31. The van der Waals surface area contributed by atoms with Crippen LogP contribution in [0.2, 0.25) is 0 Å². The summed E-state index contributed by atoms with van der Waals surface area (Å²) in [5.41, 5.74) is 3.43. The van der Waals surface area contributed by atoms with Crippen molar-refractivity contribution in [2.75, 3.05) is 0 Å². The standard InChI is InChI=1S/C12H17NO2/c1-3-10(2)15-13-12(14)9-11-7-5-4-6-8-11/h4-8,10H,3,9H2,1-2H3,(H,13,14). The highest BCUT2D eigenvalue weighted by Gasteiger charge is 2.04. The molecule has 0 heterocycles. The molecule has 0 spiro atoms. The van der Waals surface area contributed by atoms with Gasteiger partial charge in [-0.15, -0.1) is 0 Å². The number of carbonyl (C=O) groups is 1. The van der Waals surface area contributed by atoms with Gasteiger partial charge in [0.05, 0.1) is 12.5 Å². The molecule has 1 N–H and O–H groups in total. The molecular weight excluding hydrogens is 190 g/mol. The predicted molar refractivity (Wildman–Crippen MR) is 59.1 cm³/mol. The number of hydroxylamine groups is 1. The van der Waals surface area contributed by atoms with E-state index in [2.05, 4.69) is 5.48 Å². The maximum Gasteiger partial charge on any atom is 0.247 e. The minimum Gasteiger partial charge on any atom is -0.272 e. The van der Waals surface area contributed by atoms with E-state index in [1.54, 1.807) is 0 Å². The molecule has 0 radical (unpaired) electrons. The normalized spacial score (nSPS) is 12.1. The summed E-state index contributed by atoms with van der Waals surface area (Å²) in [6, 6.07) is 9.60. The van der Waals surface area contributed by atoms with E-state index in [-0.39, 0.29) is 12.0 Å². The van der Waals surface area contributed by atoms with Gasteiger partial charge >= 0.3 is 0 Å². The largest absolute Gasteiger partial charge is 0.272 e. The summed E-state index contributed by atoms with van der Waals surface area (Å²) in [5, 5.41) is 0. The molecule has 1 aromatic rings. The quantitative estimate of drug-likeness (QED) is 0.751. The number of benzene rings is 1. The molecule has 0 saturated heterocycles. The zero-order valence-corrected chi connectivity index (χ0v) is 9.19. The summed E-state index contributed by atoms with van der Waals surface area (Å²) >= 11 is 0. The highest BCUT2D eigenvalue weighted by Crippen LogP contribution is 1.99. The van der Waals surface area contributed by atoms with E-state index >= 15 is 0 Å². The van der Waals surface area contributed by atoms with Crippen molar-refractivity contribution in [3.63, 3.8) is 0 Å². The predicted octanol–water partition coefficient (Wildman–Crippen LogP) is 2.08. The van der Waals surface area contributed by atoms with Crippen LogP contribution in [0.15, 0.2) is 30.3 Å². The lowest BCUT2D eigenvalue weighted by Gasteiger charge is -2.10. The van der Waals surface area contributed by atoms with Crippen molar-refractivity contribution < 1.29 is 9.63 Å². The molecular formula is C12H17NO2. The van der Waals surface area contributed by atoms with Crippen molar-refractivity contribution in [2.45, 2.75) is 32.8 Å². The fourth-order valence-electron chi connectivity index (χ4n) is 1.07. The van der Waals surface area contributed by atoms with E-state index in [1.165, 1.54) is 0 Å². The van der Waals surface area contributed by atoms with Crippen molar-refractivity contribution in [2.24, 2.45) is 0 Å². The molecule has 1 rings (SSSR count). The van der Waals surface area contributed by atoms with Crippen molar-refractivity contribution in [3.05, 3.63) is 35.9 Å². The van der Waals surface area contributed by atoms with E-state index in [4.69, 9.17) is 4.84 Å². The molecule has 0 aliphatic rings. The molecule has 1 amide bonds. The van der Waals surface area contributed by atoms with Crippen LogP contribution in [0, 0.1) is 0 Å². The first-order valence-electron chi connectivity index (χ1n) is 5.20. The lowest BCUT2D eigenvalue weighted by atomic mass is 10.1. The van der Waals surface area contributed by atoms with Crippen molar-refractivity contribution in [3.8, 4) is 0 Å². The van der Waals surface area contributed by atoms with Gasteiger partial charge in [0.25, 0.3) is 0 Å². The van der Waals surface area contributed by atoms with E-state index in [0.717, 1.165) is 12.0 Å². The molecule has 1 atom stereocenters. The van der Waals surface area contributed by atoms with Crippen molar-refractivity contribution in [1.82, 2.24) is 5.48 Å². The van der Waals surface area contributed by atoms with Crippen molar-refractivity contribution in [1.29, 1.82) is 0 Å².